The summed E-state index contributed by atoms with van der Waals surface area (Å²) in [5.41, 5.74) is 1.69. The van der Waals surface area contributed by atoms with Gasteiger partial charge in [-0.05, 0) is 66.6 Å². The lowest BCUT2D eigenvalue weighted by atomic mass is 10.2. The van der Waals surface area contributed by atoms with Crippen LogP contribution in [-0.4, -0.2) is 50.7 Å². The molecule has 11 heteroatoms. The number of halogens is 2. The van der Waals surface area contributed by atoms with Crippen molar-refractivity contribution >= 4 is 50.1 Å². The zero-order valence-electron chi connectivity index (χ0n) is 17.7. The number of ether oxygens (including phenoxy) is 3. The summed E-state index contributed by atoms with van der Waals surface area (Å²) in [6.07, 6.45) is 7.98. The van der Waals surface area contributed by atoms with Crippen molar-refractivity contribution in [1.29, 1.82) is 0 Å². The summed E-state index contributed by atoms with van der Waals surface area (Å²) in [5, 5.41) is 13.7. The molecule has 0 radical (unpaired) electrons. The van der Waals surface area contributed by atoms with E-state index in [4.69, 9.17) is 25.8 Å². The predicted octanol–water partition coefficient (Wildman–Crippen LogP) is 5.03. The van der Waals surface area contributed by atoms with Gasteiger partial charge in [-0.2, -0.15) is 10.1 Å². The first-order chi connectivity index (χ1) is 15.7. The third-order valence-corrected chi connectivity index (χ3v) is 6.52. The van der Waals surface area contributed by atoms with E-state index in [0.29, 0.717) is 28.9 Å². The Balaban J connectivity index is 1.30. The number of aromatic nitrogens is 5. The maximum atomic E-state index is 6.74. The molecular formula is C21H26BrClN6O3. The number of hydrogen-bond donors (Lipinski definition) is 1. The molecule has 2 aromatic heterocycles. The molecule has 32 heavy (non-hydrogen) atoms. The van der Waals surface area contributed by atoms with Crippen molar-refractivity contribution in [3.63, 3.8) is 0 Å². The number of fused-ring (bicyclic) bond motifs is 1. The average molecular weight is 526 g/mol. The van der Waals surface area contributed by atoms with Gasteiger partial charge in [0.1, 0.15) is 0 Å². The Morgan fingerprint density at radius 1 is 1.16 bits per heavy atom. The molecule has 0 amide bonds. The van der Waals surface area contributed by atoms with Crippen LogP contribution in [0.15, 0.2) is 23.1 Å². The lowest BCUT2D eigenvalue weighted by Gasteiger charge is -2.23. The van der Waals surface area contributed by atoms with Crippen LogP contribution < -0.4 is 5.32 Å². The van der Waals surface area contributed by atoms with Crippen molar-refractivity contribution in [3.05, 3.63) is 28.1 Å². The van der Waals surface area contributed by atoms with Gasteiger partial charge in [-0.15, -0.1) is 5.10 Å². The minimum absolute atomic E-state index is 0.0386. The van der Waals surface area contributed by atoms with Gasteiger partial charge in [0.25, 0.3) is 0 Å². The summed E-state index contributed by atoms with van der Waals surface area (Å²) in [6, 6.07) is 3.94. The molecule has 2 unspecified atom stereocenters. The van der Waals surface area contributed by atoms with Gasteiger partial charge in [-0.25, -0.2) is 9.36 Å². The van der Waals surface area contributed by atoms with Gasteiger partial charge in [-0.1, -0.05) is 11.6 Å². The number of nitrogens with one attached hydrogen (secondary N) is 1. The highest BCUT2D eigenvalue weighted by Crippen LogP contribution is 2.35. The smallest absolute Gasteiger partial charge is 0.226 e. The van der Waals surface area contributed by atoms with E-state index in [1.807, 2.05) is 16.8 Å². The summed E-state index contributed by atoms with van der Waals surface area (Å²) in [7, 11) is 0. The number of hydrogen-bond acceptors (Lipinski definition) is 7. The zero-order chi connectivity index (χ0) is 21.9. The van der Waals surface area contributed by atoms with Crippen LogP contribution in [0.4, 0.5) is 11.6 Å². The van der Waals surface area contributed by atoms with Crippen molar-refractivity contribution in [2.24, 2.45) is 0 Å². The lowest BCUT2D eigenvalue weighted by molar-refractivity contribution is -0.163. The maximum absolute atomic E-state index is 6.74. The van der Waals surface area contributed by atoms with Crippen LogP contribution in [0.1, 0.15) is 44.8 Å². The number of nitrogens with zero attached hydrogens (tertiary/aromatic N) is 5. The van der Waals surface area contributed by atoms with Gasteiger partial charge in [0, 0.05) is 18.6 Å². The molecule has 2 fully saturated rings. The Labute approximate surface area is 199 Å². The van der Waals surface area contributed by atoms with E-state index >= 15 is 0 Å². The van der Waals surface area contributed by atoms with E-state index < -0.39 is 0 Å². The molecule has 9 nitrogen and oxygen atoms in total. The molecule has 3 aromatic rings. The van der Waals surface area contributed by atoms with E-state index in [1.165, 1.54) is 0 Å². The van der Waals surface area contributed by atoms with E-state index in [-0.39, 0.29) is 12.5 Å². The van der Waals surface area contributed by atoms with Gasteiger partial charge in [0.05, 0.1) is 35.6 Å². The molecule has 0 saturated carbocycles. The van der Waals surface area contributed by atoms with Crippen molar-refractivity contribution in [3.8, 4) is 0 Å². The maximum Gasteiger partial charge on any atom is 0.226 e. The largest absolute Gasteiger partial charge is 0.356 e. The van der Waals surface area contributed by atoms with Crippen molar-refractivity contribution in [1.82, 2.24) is 24.5 Å². The second-order valence-corrected chi connectivity index (χ2v) is 9.08. The molecule has 0 spiro atoms. The molecule has 0 aliphatic carbocycles. The molecule has 2 saturated heterocycles. The average Bonchev–Trinajstić information content (AvgIpc) is 3.40. The second kappa shape index (κ2) is 10.0. The van der Waals surface area contributed by atoms with E-state index in [0.717, 1.165) is 68.3 Å². The quantitative estimate of drug-likeness (QED) is 0.463. The highest BCUT2D eigenvalue weighted by molar-refractivity contribution is 9.10. The second-order valence-electron chi connectivity index (χ2n) is 7.99. The SMILES string of the molecule is Clc1c(Nc2nc(Br)nn2CCOC2CCCCO2)ccc2c1cnn2C1CCCCO1. The highest BCUT2D eigenvalue weighted by Gasteiger charge is 2.21. The summed E-state index contributed by atoms with van der Waals surface area (Å²) in [6.45, 7) is 2.55. The third-order valence-electron chi connectivity index (χ3n) is 5.78. The van der Waals surface area contributed by atoms with Gasteiger partial charge in [-0.3, -0.25) is 0 Å². The monoisotopic (exact) mass is 524 g/mol. The molecule has 2 aliphatic heterocycles. The number of rotatable bonds is 7. The minimum atomic E-state index is -0.131. The summed E-state index contributed by atoms with van der Waals surface area (Å²) < 4.78 is 21.5. The zero-order valence-corrected chi connectivity index (χ0v) is 20.0. The van der Waals surface area contributed by atoms with Crippen LogP contribution in [0.5, 0.6) is 0 Å². The summed E-state index contributed by atoms with van der Waals surface area (Å²) in [4.78, 5) is 4.44. The highest BCUT2D eigenvalue weighted by atomic mass is 79.9. The Kier molecular flexibility index (Phi) is 6.94. The first-order valence-corrected chi connectivity index (χ1v) is 12.2. The normalized spacial score (nSPS) is 21.8. The standard InChI is InChI=1S/C21H26BrClN6O3/c22-20-26-21(28(27-20)9-12-32-18-6-2-4-11-31-18)25-15-7-8-16-14(19(15)23)13-24-29(16)17-5-1-3-10-30-17/h7-8,13,17-18H,1-6,9-12H2,(H,25,26,27). The Morgan fingerprint density at radius 3 is 2.78 bits per heavy atom. The van der Waals surface area contributed by atoms with Crippen molar-refractivity contribution < 1.29 is 14.2 Å². The Bertz CT molecular complexity index is 1060. The van der Waals surface area contributed by atoms with Crippen LogP contribution in [0.25, 0.3) is 10.9 Å². The molecule has 1 N–H and O–H groups in total. The summed E-state index contributed by atoms with van der Waals surface area (Å²) in [5.74, 6) is 0.578. The van der Waals surface area contributed by atoms with Crippen LogP contribution in [0.2, 0.25) is 5.02 Å². The van der Waals surface area contributed by atoms with Crippen molar-refractivity contribution in [2.75, 3.05) is 25.1 Å². The van der Waals surface area contributed by atoms with Crippen LogP contribution in [0, 0.1) is 0 Å². The van der Waals surface area contributed by atoms with Crippen LogP contribution in [-0.2, 0) is 20.8 Å². The topological polar surface area (TPSA) is 88.3 Å². The van der Waals surface area contributed by atoms with E-state index in [9.17, 15) is 0 Å². The molecule has 172 valence electrons. The molecule has 5 rings (SSSR count). The molecule has 4 heterocycles. The van der Waals surface area contributed by atoms with Crippen LogP contribution in [0.3, 0.4) is 0 Å². The van der Waals surface area contributed by atoms with E-state index in [2.05, 4.69) is 36.4 Å². The fourth-order valence-electron chi connectivity index (χ4n) is 4.13. The Morgan fingerprint density at radius 2 is 2.00 bits per heavy atom. The predicted molar refractivity (Wildman–Crippen MR) is 124 cm³/mol. The van der Waals surface area contributed by atoms with E-state index in [1.54, 1.807) is 10.9 Å². The number of benzene rings is 1. The fourth-order valence-corrected chi connectivity index (χ4v) is 4.74. The molecule has 1 aromatic carbocycles. The molecule has 0 bridgehead atoms. The molecule has 2 aliphatic rings. The fraction of sp³-hybridized carbons (Fsp3) is 0.571. The minimum Gasteiger partial charge on any atom is -0.356 e. The summed E-state index contributed by atoms with van der Waals surface area (Å²) >= 11 is 10.1. The third kappa shape index (κ3) is 4.79. The first kappa shape index (κ1) is 22.1. The van der Waals surface area contributed by atoms with Gasteiger partial charge in [0.15, 0.2) is 12.5 Å². The van der Waals surface area contributed by atoms with Gasteiger partial charge in [0.2, 0.25) is 10.7 Å². The Hall–Kier alpha value is -1.72. The molecular weight excluding hydrogens is 500 g/mol. The first-order valence-electron chi connectivity index (χ1n) is 11.1. The van der Waals surface area contributed by atoms with Gasteiger partial charge >= 0.3 is 0 Å². The molecule has 2 atom stereocenters. The lowest BCUT2D eigenvalue weighted by Crippen LogP contribution is -2.24. The van der Waals surface area contributed by atoms with Crippen LogP contribution >= 0.6 is 27.5 Å². The van der Waals surface area contributed by atoms with Crippen molar-refractivity contribution in [2.45, 2.75) is 57.6 Å². The van der Waals surface area contributed by atoms with Gasteiger partial charge < -0.3 is 19.5 Å². The number of anilines is 2.